The highest BCUT2D eigenvalue weighted by Gasteiger charge is 2.21. The van der Waals surface area contributed by atoms with Gasteiger partial charge in [0.25, 0.3) is 0 Å². The van der Waals surface area contributed by atoms with E-state index in [0.717, 1.165) is 0 Å². The van der Waals surface area contributed by atoms with Gasteiger partial charge in [0.15, 0.2) is 11.5 Å². The maximum Gasteiger partial charge on any atom is 0.358 e. The Morgan fingerprint density at radius 2 is 1.77 bits per heavy atom. The van der Waals surface area contributed by atoms with Crippen LogP contribution in [0.2, 0.25) is 0 Å². The molecule has 0 aliphatic rings. The molecule has 1 heterocycles. The van der Waals surface area contributed by atoms with Crippen molar-refractivity contribution in [2.75, 3.05) is 19.0 Å². The van der Waals surface area contributed by atoms with Crippen LogP contribution in [0.25, 0.3) is 22.8 Å². The van der Waals surface area contributed by atoms with Crippen molar-refractivity contribution in [3.8, 4) is 22.8 Å². The Bertz CT molecular complexity index is 917. The van der Waals surface area contributed by atoms with Gasteiger partial charge in [0.2, 0.25) is 11.8 Å². The zero-order valence-electron chi connectivity index (χ0n) is 13.9. The molecular formula is C19H16N2O5. The smallest absolute Gasteiger partial charge is 0.358 e. The highest BCUT2D eigenvalue weighted by atomic mass is 16.5. The highest BCUT2D eigenvalue weighted by Crippen LogP contribution is 2.30. The molecule has 2 N–H and O–H groups in total. The number of anilines is 1. The number of aromatic carboxylic acids is 1. The highest BCUT2D eigenvalue weighted by molar-refractivity contribution is 5.94. The zero-order valence-corrected chi connectivity index (χ0v) is 13.9. The fraction of sp³-hybridized carbons (Fsp3) is 0.105. The lowest BCUT2D eigenvalue weighted by Crippen LogP contribution is -2.16. The number of nitrogens with zero attached hydrogens (tertiary/aromatic N) is 1. The number of amides is 1. The summed E-state index contributed by atoms with van der Waals surface area (Å²) in [5.41, 5.74) is 1.63. The fourth-order valence-corrected chi connectivity index (χ4v) is 2.40. The zero-order chi connectivity index (χ0) is 18.5. The van der Waals surface area contributed by atoms with Gasteiger partial charge in [-0.3, -0.25) is 4.79 Å². The van der Waals surface area contributed by atoms with Gasteiger partial charge < -0.3 is 19.6 Å². The monoisotopic (exact) mass is 352 g/mol. The van der Waals surface area contributed by atoms with E-state index in [1.54, 1.807) is 36.4 Å². The van der Waals surface area contributed by atoms with Gasteiger partial charge in [0.05, 0.1) is 0 Å². The lowest BCUT2D eigenvalue weighted by Gasteiger charge is -2.05. The fourth-order valence-electron chi connectivity index (χ4n) is 2.40. The third-order valence-electron chi connectivity index (χ3n) is 3.56. The Kier molecular flexibility index (Phi) is 5.09. The molecule has 132 valence electrons. The maximum absolute atomic E-state index is 11.5. The average molecular weight is 352 g/mol. The van der Waals surface area contributed by atoms with Crippen molar-refractivity contribution in [1.29, 1.82) is 0 Å². The molecule has 1 aromatic heterocycles. The van der Waals surface area contributed by atoms with E-state index in [1.165, 1.54) is 7.11 Å². The van der Waals surface area contributed by atoms with Crippen LogP contribution in [0.1, 0.15) is 10.5 Å². The molecule has 0 aliphatic carbocycles. The van der Waals surface area contributed by atoms with Crippen LogP contribution >= 0.6 is 0 Å². The van der Waals surface area contributed by atoms with Crippen LogP contribution in [0.4, 0.5) is 5.69 Å². The number of hydrogen-bond acceptors (Lipinski definition) is 5. The normalized spacial score (nSPS) is 10.5. The molecular weight excluding hydrogens is 336 g/mol. The quantitative estimate of drug-likeness (QED) is 0.706. The Morgan fingerprint density at radius 1 is 1.08 bits per heavy atom. The summed E-state index contributed by atoms with van der Waals surface area (Å²) in [4.78, 5) is 27.2. The van der Waals surface area contributed by atoms with Crippen molar-refractivity contribution in [1.82, 2.24) is 4.98 Å². The molecule has 0 saturated carbocycles. The summed E-state index contributed by atoms with van der Waals surface area (Å²) in [5.74, 6) is -1.07. The molecule has 0 unspecified atom stereocenters. The SMILES string of the molecule is COCC(=O)Nc1ccc(-c2oc(-c3ccccc3)nc2C(=O)O)cc1. The molecule has 3 rings (SSSR count). The molecule has 7 nitrogen and oxygen atoms in total. The summed E-state index contributed by atoms with van der Waals surface area (Å²) < 4.78 is 10.5. The molecule has 2 aromatic carbocycles. The van der Waals surface area contributed by atoms with Crippen LogP contribution in [0, 0.1) is 0 Å². The van der Waals surface area contributed by atoms with Gasteiger partial charge in [0, 0.05) is 23.9 Å². The van der Waals surface area contributed by atoms with Crippen LogP contribution in [0.5, 0.6) is 0 Å². The maximum atomic E-state index is 11.5. The van der Waals surface area contributed by atoms with Gasteiger partial charge in [-0.15, -0.1) is 0 Å². The van der Waals surface area contributed by atoms with Gasteiger partial charge in [-0.25, -0.2) is 9.78 Å². The number of carbonyl (C=O) groups excluding carboxylic acids is 1. The van der Waals surface area contributed by atoms with Crippen molar-refractivity contribution in [2.24, 2.45) is 0 Å². The van der Waals surface area contributed by atoms with E-state index in [9.17, 15) is 14.7 Å². The second kappa shape index (κ2) is 7.62. The lowest BCUT2D eigenvalue weighted by molar-refractivity contribution is -0.119. The van der Waals surface area contributed by atoms with Crippen LogP contribution in [-0.4, -0.2) is 35.7 Å². The first-order valence-electron chi connectivity index (χ1n) is 7.77. The van der Waals surface area contributed by atoms with Gasteiger partial charge >= 0.3 is 5.97 Å². The molecule has 0 atom stereocenters. The second-order valence-electron chi connectivity index (χ2n) is 5.43. The van der Waals surface area contributed by atoms with Crippen molar-refractivity contribution < 1.29 is 23.8 Å². The van der Waals surface area contributed by atoms with E-state index < -0.39 is 5.97 Å². The Hall–Kier alpha value is -3.45. The lowest BCUT2D eigenvalue weighted by atomic mass is 10.1. The standard InChI is InChI=1S/C19H16N2O5/c1-25-11-15(22)20-14-9-7-12(8-10-14)17-16(19(23)24)21-18(26-17)13-5-3-2-4-6-13/h2-10H,11H2,1H3,(H,20,22)(H,23,24). The van der Waals surface area contributed by atoms with Crippen LogP contribution in [0.3, 0.4) is 0 Å². The topological polar surface area (TPSA) is 102 Å². The Labute approximate surface area is 149 Å². The number of oxazole rings is 1. The predicted molar refractivity (Wildman–Crippen MR) is 94.8 cm³/mol. The van der Waals surface area contributed by atoms with Crippen LogP contribution < -0.4 is 5.32 Å². The van der Waals surface area contributed by atoms with E-state index in [-0.39, 0.29) is 29.9 Å². The minimum Gasteiger partial charge on any atom is -0.476 e. The number of carboxylic acid groups (broad SMARTS) is 1. The van der Waals surface area contributed by atoms with E-state index in [1.807, 2.05) is 18.2 Å². The van der Waals surface area contributed by atoms with E-state index in [4.69, 9.17) is 9.15 Å². The Balaban J connectivity index is 1.92. The number of carbonyl (C=O) groups is 2. The summed E-state index contributed by atoms with van der Waals surface area (Å²) >= 11 is 0. The summed E-state index contributed by atoms with van der Waals surface area (Å²) in [6.45, 7) is -0.0482. The molecule has 0 aliphatic heterocycles. The summed E-state index contributed by atoms with van der Waals surface area (Å²) in [6.07, 6.45) is 0. The number of nitrogens with one attached hydrogen (secondary N) is 1. The molecule has 0 spiro atoms. The molecule has 0 saturated heterocycles. The molecule has 0 radical (unpaired) electrons. The average Bonchev–Trinajstić information content (AvgIpc) is 3.09. The molecule has 0 fully saturated rings. The summed E-state index contributed by atoms with van der Waals surface area (Å²) in [7, 11) is 1.43. The minimum absolute atomic E-state index is 0.0482. The third kappa shape index (κ3) is 3.79. The number of rotatable bonds is 6. The number of carboxylic acids is 1. The molecule has 7 heteroatoms. The first-order chi connectivity index (χ1) is 12.6. The second-order valence-corrected chi connectivity index (χ2v) is 5.43. The van der Waals surface area contributed by atoms with Crippen LogP contribution in [-0.2, 0) is 9.53 Å². The Morgan fingerprint density at radius 3 is 2.38 bits per heavy atom. The summed E-state index contributed by atoms with van der Waals surface area (Å²) in [6, 6.07) is 15.7. The van der Waals surface area contributed by atoms with Crippen molar-refractivity contribution in [3.05, 3.63) is 60.3 Å². The van der Waals surface area contributed by atoms with Gasteiger partial charge in [0.1, 0.15) is 6.61 Å². The van der Waals surface area contributed by atoms with Gasteiger partial charge in [-0.1, -0.05) is 18.2 Å². The van der Waals surface area contributed by atoms with E-state index >= 15 is 0 Å². The number of hydrogen-bond donors (Lipinski definition) is 2. The predicted octanol–water partition coefficient (Wildman–Crippen LogP) is 3.29. The van der Waals surface area contributed by atoms with Gasteiger partial charge in [-0.2, -0.15) is 0 Å². The molecule has 1 amide bonds. The third-order valence-corrected chi connectivity index (χ3v) is 3.56. The first-order valence-corrected chi connectivity index (χ1v) is 7.77. The van der Waals surface area contributed by atoms with E-state index in [2.05, 4.69) is 10.3 Å². The van der Waals surface area contributed by atoms with Crippen molar-refractivity contribution in [2.45, 2.75) is 0 Å². The number of ether oxygens (including phenoxy) is 1. The largest absolute Gasteiger partial charge is 0.476 e. The molecule has 3 aromatic rings. The first kappa shape index (κ1) is 17.4. The van der Waals surface area contributed by atoms with Gasteiger partial charge in [-0.05, 0) is 36.4 Å². The minimum atomic E-state index is -1.18. The number of aromatic nitrogens is 1. The molecule has 26 heavy (non-hydrogen) atoms. The van der Waals surface area contributed by atoms with Crippen molar-refractivity contribution >= 4 is 17.6 Å². The molecule has 0 bridgehead atoms. The van der Waals surface area contributed by atoms with Crippen molar-refractivity contribution in [3.63, 3.8) is 0 Å². The van der Waals surface area contributed by atoms with Crippen LogP contribution in [0.15, 0.2) is 59.0 Å². The summed E-state index contributed by atoms with van der Waals surface area (Å²) in [5, 5.41) is 12.1. The van der Waals surface area contributed by atoms with E-state index in [0.29, 0.717) is 16.8 Å². The number of benzene rings is 2. The number of methoxy groups -OCH3 is 1.